The number of benzene rings is 3. The van der Waals surface area contributed by atoms with Crippen molar-refractivity contribution in [1.29, 1.82) is 0 Å². The number of aromatic amines is 1. The molecule has 8 amide bonds. The maximum atomic E-state index is 15.3. The van der Waals surface area contributed by atoms with Crippen LogP contribution in [-0.2, 0) is 72.0 Å². The number of unbranched alkanes of at least 4 members (excludes halogenated alkanes) is 1. The number of phenols is 1. The van der Waals surface area contributed by atoms with Crippen LogP contribution in [0.15, 0.2) is 85.1 Å². The third-order valence-electron chi connectivity index (χ3n) is 16.6. The van der Waals surface area contributed by atoms with Crippen LogP contribution in [0.1, 0.15) is 49.8 Å². The largest absolute Gasteiger partial charge is 3.00 e. The molecule has 0 bridgehead atoms. The standard InChI is InChI=1S/C65H92N14O18S2.Ga/c1-39(81)51(36-80)72-64(96)53-38-99-98-37-52(73-60(92)48(28-41-10-4-3-5-11-41)68-54(84)32-76-20-22-77(33-55(85)86)24-26-79(35-57(89)90)27-25-78(23-21-76)34-56(87)88)63(95)70-49(29-42-15-17-44(83)18-16-42)61(93)71-50(30-43-31-67-46-13-7-6-12-45(43)46)62(94)69-47(14-8-9-19-66)59(91)75-58(40(2)82)65(97)74-53;/h3-7,10-13,15-18,31,39-40,47-53,58,67,80-83H,8-9,14,19-30,32-38,66H2,1-2H3,(H,68,84)(H,69,94)(H,70,95)(H,71,93)(H,72,96)(H,73,92)(H,74,97)(H,75,91)(H,85,86)(H,87,88)(H,89,90);/q;+3/t39?,40?,47-,48+,49-,50+,51+,52-,53?,58-;/m0./s1. The molecule has 6 rings (SSSR count). The Morgan fingerprint density at radius 2 is 1.12 bits per heavy atom. The molecular formula is C65H92GaN14O18S2+3. The van der Waals surface area contributed by atoms with Gasteiger partial charge in [-0.2, -0.15) is 0 Å². The number of H-pyrrole nitrogens is 1. The Hall–Kier alpha value is -7.81. The molecule has 4 aromatic rings. The van der Waals surface area contributed by atoms with E-state index in [9.17, 15) is 74.1 Å². The summed E-state index contributed by atoms with van der Waals surface area (Å²) in [6, 6.07) is 9.21. The Morgan fingerprint density at radius 1 is 0.600 bits per heavy atom. The van der Waals surface area contributed by atoms with Crippen molar-refractivity contribution in [3.8, 4) is 5.75 Å². The molecule has 2 aliphatic heterocycles. The van der Waals surface area contributed by atoms with E-state index in [0.29, 0.717) is 34.0 Å². The van der Waals surface area contributed by atoms with Gasteiger partial charge in [0, 0.05) is 100 Å². The Kier molecular flexibility index (Phi) is 35.2. The van der Waals surface area contributed by atoms with Gasteiger partial charge in [0.1, 0.15) is 48.0 Å². The molecule has 0 saturated carbocycles. The molecule has 18 N–H and O–H groups in total. The number of hydrogen-bond donors (Lipinski definition) is 17. The van der Waals surface area contributed by atoms with Gasteiger partial charge < -0.3 is 89.0 Å². The number of para-hydroxylation sites is 1. The molecule has 100 heavy (non-hydrogen) atoms. The molecule has 2 fully saturated rings. The van der Waals surface area contributed by atoms with E-state index in [0.717, 1.165) is 21.6 Å². The number of carbonyl (C=O) groups excluding carboxylic acids is 8. The van der Waals surface area contributed by atoms with Crippen molar-refractivity contribution in [2.75, 3.05) is 103 Å². The topological polar surface area (TPSA) is 480 Å². The molecule has 0 aliphatic carbocycles. The number of nitrogens with two attached hydrogens (primary N) is 1. The number of fused-ring (bicyclic) bond motifs is 1. The minimum absolute atomic E-state index is 0. The van der Waals surface area contributed by atoms with Crippen LogP contribution in [0.3, 0.4) is 0 Å². The number of aromatic hydroxyl groups is 1. The second-order valence-corrected chi connectivity index (χ2v) is 27.0. The number of hydrogen-bond acceptors (Lipinski definition) is 22. The van der Waals surface area contributed by atoms with Gasteiger partial charge in [-0.05, 0) is 74.5 Å². The molecule has 3 heterocycles. The first-order valence-electron chi connectivity index (χ1n) is 32.5. The predicted octanol–water partition coefficient (Wildman–Crippen LogP) is -3.85. The van der Waals surface area contributed by atoms with Gasteiger partial charge in [0.15, 0.2) is 0 Å². The second kappa shape index (κ2) is 42.4. The zero-order valence-electron chi connectivity index (χ0n) is 55.8. The first-order chi connectivity index (χ1) is 47.3. The number of aliphatic hydroxyl groups excluding tert-OH is 3. The van der Waals surface area contributed by atoms with Gasteiger partial charge in [-0.1, -0.05) is 82.3 Å². The Labute approximate surface area is 599 Å². The number of carboxylic acids is 3. The quantitative estimate of drug-likeness (QED) is 0.0163. The third kappa shape index (κ3) is 28.0. The second-order valence-electron chi connectivity index (χ2n) is 24.5. The number of aliphatic hydroxyl groups is 3. The van der Waals surface area contributed by atoms with E-state index in [2.05, 4.69) is 47.5 Å². The van der Waals surface area contributed by atoms with E-state index in [1.54, 1.807) is 80.4 Å². The van der Waals surface area contributed by atoms with E-state index in [1.807, 2.05) is 0 Å². The number of rotatable bonds is 26. The molecule has 0 radical (unpaired) electrons. The maximum absolute atomic E-state index is 15.3. The average molecular weight is 1490 g/mol. The van der Waals surface area contributed by atoms with Crippen LogP contribution in [-0.4, -0.2) is 309 Å². The molecule has 3 aromatic carbocycles. The molecule has 2 saturated heterocycles. The van der Waals surface area contributed by atoms with Crippen LogP contribution in [0.25, 0.3) is 10.9 Å². The minimum Gasteiger partial charge on any atom is -0.508 e. The molecule has 10 atom stereocenters. The van der Waals surface area contributed by atoms with Crippen LogP contribution in [0.2, 0.25) is 0 Å². The molecule has 0 spiro atoms. The summed E-state index contributed by atoms with van der Waals surface area (Å²) in [6.07, 6.45) is -1.31. The van der Waals surface area contributed by atoms with E-state index in [-0.39, 0.29) is 135 Å². The summed E-state index contributed by atoms with van der Waals surface area (Å²) in [6.45, 7) is 1.08. The zero-order valence-corrected chi connectivity index (χ0v) is 59.8. The molecule has 2 aliphatic rings. The smallest absolute Gasteiger partial charge is 0.508 e. The summed E-state index contributed by atoms with van der Waals surface area (Å²) >= 11 is 0. The van der Waals surface area contributed by atoms with Crippen molar-refractivity contribution >= 4 is 117 Å². The first kappa shape index (κ1) is 82.9. The van der Waals surface area contributed by atoms with Crippen molar-refractivity contribution in [3.63, 3.8) is 0 Å². The number of phenolic OH excluding ortho intramolecular Hbond substituents is 1. The van der Waals surface area contributed by atoms with Crippen LogP contribution in [0.4, 0.5) is 0 Å². The summed E-state index contributed by atoms with van der Waals surface area (Å²) < 4.78 is 0. The van der Waals surface area contributed by atoms with Gasteiger partial charge in [-0.15, -0.1) is 0 Å². The fourth-order valence-corrected chi connectivity index (χ4v) is 13.4. The zero-order chi connectivity index (χ0) is 72.1. The van der Waals surface area contributed by atoms with Gasteiger partial charge in [0.05, 0.1) is 51.0 Å². The van der Waals surface area contributed by atoms with Gasteiger partial charge >= 0.3 is 37.7 Å². The van der Waals surface area contributed by atoms with Crippen LogP contribution >= 0.6 is 21.6 Å². The van der Waals surface area contributed by atoms with Crippen LogP contribution < -0.4 is 48.3 Å². The van der Waals surface area contributed by atoms with E-state index in [4.69, 9.17) is 5.73 Å². The number of aromatic nitrogens is 1. The number of aliphatic carboxylic acids is 3. The fourth-order valence-electron chi connectivity index (χ4n) is 11.1. The maximum Gasteiger partial charge on any atom is 3.00 e. The summed E-state index contributed by atoms with van der Waals surface area (Å²) in [5.41, 5.74) is 8.05. The Balaban J connectivity index is 0.0000180. The van der Waals surface area contributed by atoms with Crippen molar-refractivity contribution in [1.82, 2.24) is 67.1 Å². The summed E-state index contributed by atoms with van der Waals surface area (Å²) in [5, 5.41) is 93.2. The average Bonchev–Trinajstić information content (AvgIpc) is 1.62. The number of carbonyl (C=O) groups is 11. The van der Waals surface area contributed by atoms with Crippen molar-refractivity contribution in [2.45, 2.75) is 113 Å². The number of nitrogens with zero attached hydrogens (tertiary/aromatic N) is 4. The number of nitrogens with one attached hydrogen (secondary N) is 9. The van der Waals surface area contributed by atoms with Gasteiger partial charge in [-0.3, -0.25) is 72.3 Å². The molecule has 32 nitrogen and oxygen atoms in total. The normalized spacial score (nSPS) is 21.8. The summed E-state index contributed by atoms with van der Waals surface area (Å²) in [7, 11) is 1.81. The monoisotopic (exact) mass is 1490 g/mol. The molecule has 1 aromatic heterocycles. The summed E-state index contributed by atoms with van der Waals surface area (Å²) in [4.78, 5) is 163. The van der Waals surface area contributed by atoms with Crippen LogP contribution in [0, 0.1) is 0 Å². The minimum atomic E-state index is -1.77. The molecular weight excluding hydrogens is 1400 g/mol. The SMILES string of the molecule is CC(O)[C@@H]1NC(=O)[C@H](CCCCN)NC(=O)[C@@H](Cc2c[nH]c3ccccc23)NC(=O)[C@H](Cc2ccc(O)cc2)NC(=O)[C@@H](NC(=O)[C@@H](Cc2ccccc2)NC(=O)CN2CCN(CC(=O)O)CCN(CC(=O)O)CCN(CC(=O)O)CC2)CSSCC(C(=O)N[C@H](CO)C(C)O)NC1=O.[Ga+3]. The molecule has 3 unspecified atom stereocenters. The number of amides is 8. The van der Waals surface area contributed by atoms with E-state index >= 15 is 14.4 Å². The molecule has 542 valence electrons. The summed E-state index contributed by atoms with van der Waals surface area (Å²) in [5.74, 6) is -11.6. The van der Waals surface area contributed by atoms with E-state index < -0.39 is 152 Å². The Morgan fingerprint density at radius 3 is 1.67 bits per heavy atom. The molecule has 35 heteroatoms. The van der Waals surface area contributed by atoms with Gasteiger partial charge in [-0.25, -0.2) is 0 Å². The fraction of sp³-hybridized carbons (Fsp3) is 0.523. The van der Waals surface area contributed by atoms with Crippen molar-refractivity contribution in [3.05, 3.63) is 102 Å². The van der Waals surface area contributed by atoms with Gasteiger partial charge in [0.25, 0.3) is 0 Å². The predicted molar refractivity (Wildman–Crippen MR) is 372 cm³/mol. The van der Waals surface area contributed by atoms with Crippen molar-refractivity contribution in [2.24, 2.45) is 5.73 Å². The number of carboxylic acid groups (broad SMARTS) is 3. The Bertz CT molecular complexity index is 3330. The first-order valence-corrected chi connectivity index (χ1v) is 35.0. The van der Waals surface area contributed by atoms with Gasteiger partial charge in [0.2, 0.25) is 47.3 Å². The third-order valence-corrected chi connectivity index (χ3v) is 19.0. The van der Waals surface area contributed by atoms with Crippen molar-refractivity contribution < 1.29 is 88.5 Å². The van der Waals surface area contributed by atoms with E-state index in [1.165, 1.54) is 38.1 Å². The van der Waals surface area contributed by atoms with Crippen LogP contribution in [0.5, 0.6) is 5.75 Å².